The van der Waals surface area contributed by atoms with E-state index >= 15 is 0 Å². The van der Waals surface area contributed by atoms with Crippen LogP contribution in [0.3, 0.4) is 0 Å². The second-order valence-electron chi connectivity index (χ2n) is 15.2. The van der Waals surface area contributed by atoms with Crippen LogP contribution in [0.1, 0.15) is 59.8 Å². The molecule has 2 N–H and O–H groups in total. The molecule has 332 valence electrons. The van der Waals surface area contributed by atoms with Crippen LogP contribution in [0.4, 0.5) is 25.1 Å². The van der Waals surface area contributed by atoms with E-state index in [2.05, 4.69) is 30.6 Å². The summed E-state index contributed by atoms with van der Waals surface area (Å²) in [6.45, 7) is 2.85. The van der Waals surface area contributed by atoms with Crippen LogP contribution in [0.25, 0.3) is 0 Å². The average Bonchev–Trinajstić information content (AvgIpc) is 3.36. The standard InChI is InChI=1S/C27H23F3N4O.C26H24N4O/c28-27(29,30)24-15-16-31-26(33-24)32-17-20-11-13-23(14-12-20)25(35)34(18-21-7-3-1-4-8-21)19-22-9-5-2-6-10-22;31-25(24-14-12-21(13-15-24)18-29-26-27-16-7-17-28-26)30(19-22-8-3-1-4-9-22)20-23-10-5-2-6-11-23/h1-16H,17-19H2,(H,31,32,33);1-17H,18-20H2,(H,27,28,29). The summed E-state index contributed by atoms with van der Waals surface area (Å²) in [5.74, 6) is 0.369. The van der Waals surface area contributed by atoms with E-state index in [0.717, 1.165) is 45.6 Å². The second kappa shape index (κ2) is 22.9. The normalized spacial score (nSPS) is 10.8. The third kappa shape index (κ3) is 13.9. The Hall–Kier alpha value is -8.19. The van der Waals surface area contributed by atoms with Gasteiger partial charge in [-0.1, -0.05) is 146 Å². The molecule has 0 aliphatic rings. The lowest BCUT2D eigenvalue weighted by Crippen LogP contribution is -2.30. The number of nitrogens with one attached hydrogen (secondary N) is 2. The number of hydrogen-bond acceptors (Lipinski definition) is 8. The Bertz CT molecular complexity index is 2630. The highest BCUT2D eigenvalue weighted by Gasteiger charge is 2.32. The highest BCUT2D eigenvalue weighted by molar-refractivity contribution is 5.94. The van der Waals surface area contributed by atoms with Gasteiger partial charge in [0.2, 0.25) is 11.9 Å². The first-order chi connectivity index (χ1) is 32.2. The number of hydrogen-bond donors (Lipinski definition) is 2. The number of aromatic nitrogens is 4. The Morgan fingerprint density at radius 2 is 0.758 bits per heavy atom. The summed E-state index contributed by atoms with van der Waals surface area (Å²) < 4.78 is 38.5. The summed E-state index contributed by atoms with van der Waals surface area (Å²) in [4.78, 5) is 46.0. The van der Waals surface area contributed by atoms with E-state index < -0.39 is 11.9 Å². The highest BCUT2D eigenvalue weighted by atomic mass is 19.4. The molecule has 0 spiro atoms. The minimum Gasteiger partial charge on any atom is -0.350 e. The van der Waals surface area contributed by atoms with Gasteiger partial charge in [-0.15, -0.1) is 0 Å². The van der Waals surface area contributed by atoms with Crippen molar-refractivity contribution in [1.29, 1.82) is 0 Å². The zero-order chi connectivity index (χ0) is 46.0. The summed E-state index contributed by atoms with van der Waals surface area (Å²) >= 11 is 0. The fourth-order valence-electron chi connectivity index (χ4n) is 6.86. The molecule has 0 radical (unpaired) electrons. The fourth-order valence-corrected chi connectivity index (χ4v) is 6.86. The van der Waals surface area contributed by atoms with Crippen LogP contribution in [0.5, 0.6) is 0 Å². The van der Waals surface area contributed by atoms with Gasteiger partial charge in [0.1, 0.15) is 5.69 Å². The minimum atomic E-state index is -4.53. The van der Waals surface area contributed by atoms with Crippen molar-refractivity contribution in [3.63, 3.8) is 0 Å². The third-order valence-corrected chi connectivity index (χ3v) is 10.3. The van der Waals surface area contributed by atoms with Crippen molar-refractivity contribution in [3.05, 3.63) is 251 Å². The monoisotopic (exact) mass is 884 g/mol. The van der Waals surface area contributed by atoms with E-state index in [9.17, 15) is 22.8 Å². The van der Waals surface area contributed by atoms with Gasteiger partial charge in [0, 0.05) is 69.0 Å². The highest BCUT2D eigenvalue weighted by Crippen LogP contribution is 2.27. The molecule has 8 rings (SSSR count). The van der Waals surface area contributed by atoms with E-state index in [1.807, 2.05) is 150 Å². The maximum absolute atomic E-state index is 13.4. The molecule has 0 saturated carbocycles. The SMILES string of the molecule is O=C(c1ccc(CNc2nccc(C(F)(F)F)n2)cc1)N(Cc1ccccc1)Cc1ccccc1.O=C(c1ccc(CNc2ncccn2)cc1)N(Cc1ccccc1)Cc1ccccc1. The number of halogens is 3. The predicted octanol–water partition coefficient (Wildman–Crippen LogP) is 10.9. The van der Waals surface area contributed by atoms with E-state index in [-0.39, 0.29) is 24.3 Å². The van der Waals surface area contributed by atoms with Crippen molar-refractivity contribution >= 4 is 23.7 Å². The van der Waals surface area contributed by atoms with Crippen LogP contribution < -0.4 is 10.6 Å². The Morgan fingerprint density at radius 1 is 0.409 bits per heavy atom. The van der Waals surface area contributed by atoms with Crippen LogP contribution >= 0.6 is 0 Å². The fraction of sp³-hybridized carbons (Fsp3) is 0.132. The Balaban J connectivity index is 0.000000198. The first kappa shape index (κ1) is 45.8. The van der Waals surface area contributed by atoms with Gasteiger partial charge in [-0.25, -0.2) is 19.9 Å². The van der Waals surface area contributed by atoms with Crippen molar-refractivity contribution in [1.82, 2.24) is 29.7 Å². The van der Waals surface area contributed by atoms with Crippen LogP contribution in [0, 0.1) is 0 Å². The summed E-state index contributed by atoms with van der Waals surface area (Å²) in [5.41, 5.74) is 6.29. The average molecular weight is 885 g/mol. The van der Waals surface area contributed by atoms with Crippen LogP contribution in [-0.4, -0.2) is 41.6 Å². The maximum atomic E-state index is 13.4. The number of amides is 2. The molecule has 10 nitrogen and oxygen atoms in total. The lowest BCUT2D eigenvalue weighted by atomic mass is 10.1. The molecule has 2 heterocycles. The van der Waals surface area contributed by atoms with Crippen LogP contribution in [0.15, 0.2) is 201 Å². The quantitative estimate of drug-likeness (QED) is 0.0986. The van der Waals surface area contributed by atoms with Crippen molar-refractivity contribution < 1.29 is 22.8 Å². The smallest absolute Gasteiger partial charge is 0.350 e. The molecule has 2 amide bonds. The lowest BCUT2D eigenvalue weighted by Gasteiger charge is -2.23. The first-order valence-electron chi connectivity index (χ1n) is 21.2. The molecule has 0 unspecified atom stereocenters. The second-order valence-corrected chi connectivity index (χ2v) is 15.2. The van der Waals surface area contributed by atoms with Gasteiger partial charge in [0.25, 0.3) is 11.8 Å². The molecule has 8 aromatic rings. The Kier molecular flexibility index (Phi) is 15.9. The minimum absolute atomic E-state index is 0.0126. The molecule has 0 aliphatic heterocycles. The topological polar surface area (TPSA) is 116 Å². The molecule has 13 heteroatoms. The van der Waals surface area contributed by atoms with E-state index in [4.69, 9.17) is 0 Å². The molecule has 6 aromatic carbocycles. The summed E-state index contributed by atoms with van der Waals surface area (Å²) in [7, 11) is 0. The van der Waals surface area contributed by atoms with Crippen molar-refractivity contribution in [2.24, 2.45) is 0 Å². The van der Waals surface area contributed by atoms with Gasteiger partial charge in [-0.3, -0.25) is 9.59 Å². The Labute approximate surface area is 381 Å². The Morgan fingerprint density at radius 3 is 1.12 bits per heavy atom. The van der Waals surface area contributed by atoms with Gasteiger partial charge < -0.3 is 20.4 Å². The summed E-state index contributed by atoms with van der Waals surface area (Å²) in [6, 6.07) is 57.0. The van der Waals surface area contributed by atoms with Gasteiger partial charge in [-0.2, -0.15) is 13.2 Å². The summed E-state index contributed by atoms with van der Waals surface area (Å²) in [5, 5.41) is 5.97. The van der Waals surface area contributed by atoms with Crippen LogP contribution in [-0.2, 0) is 45.4 Å². The molecule has 2 aromatic heterocycles. The molecule has 0 aliphatic carbocycles. The molecule has 66 heavy (non-hydrogen) atoms. The van der Waals surface area contributed by atoms with Gasteiger partial charge >= 0.3 is 6.18 Å². The first-order valence-corrected chi connectivity index (χ1v) is 21.2. The third-order valence-electron chi connectivity index (χ3n) is 10.3. The molecular weight excluding hydrogens is 838 g/mol. The van der Waals surface area contributed by atoms with E-state index in [1.165, 1.54) is 0 Å². The number of carbonyl (C=O) groups excluding carboxylic acids is 2. The van der Waals surface area contributed by atoms with Crippen molar-refractivity contribution in [2.75, 3.05) is 10.6 Å². The molecular formula is C53H47F3N8O2. The zero-order valence-electron chi connectivity index (χ0n) is 35.9. The number of nitrogens with zero attached hydrogens (tertiary/aromatic N) is 6. The van der Waals surface area contributed by atoms with E-state index in [1.54, 1.807) is 47.6 Å². The number of benzene rings is 6. The zero-order valence-corrected chi connectivity index (χ0v) is 35.9. The summed E-state index contributed by atoms with van der Waals surface area (Å²) in [6.07, 6.45) is -0.0724. The maximum Gasteiger partial charge on any atom is 0.433 e. The molecule has 0 bridgehead atoms. The number of carbonyl (C=O) groups is 2. The van der Waals surface area contributed by atoms with E-state index in [0.29, 0.717) is 49.8 Å². The lowest BCUT2D eigenvalue weighted by molar-refractivity contribution is -0.141. The largest absolute Gasteiger partial charge is 0.433 e. The van der Waals surface area contributed by atoms with Gasteiger partial charge in [-0.05, 0) is 69.8 Å². The number of anilines is 2. The number of rotatable bonds is 16. The van der Waals surface area contributed by atoms with Crippen LogP contribution in [0.2, 0.25) is 0 Å². The van der Waals surface area contributed by atoms with Gasteiger partial charge in [0.15, 0.2) is 0 Å². The molecule has 0 saturated heterocycles. The number of alkyl halides is 3. The predicted molar refractivity (Wildman–Crippen MR) is 250 cm³/mol. The van der Waals surface area contributed by atoms with Crippen molar-refractivity contribution in [3.8, 4) is 0 Å². The molecule has 0 atom stereocenters. The van der Waals surface area contributed by atoms with Crippen molar-refractivity contribution in [2.45, 2.75) is 45.4 Å². The molecule has 0 fully saturated rings. The van der Waals surface area contributed by atoms with Gasteiger partial charge in [0.05, 0.1) is 0 Å².